The molecule has 2 heteroatoms. The number of nitrogens with zero attached hydrogens (tertiary/aromatic N) is 1. The van der Waals surface area contributed by atoms with Crippen molar-refractivity contribution in [3.05, 3.63) is 36.0 Å². The molecule has 1 N–H and O–H groups in total. The lowest BCUT2D eigenvalue weighted by Crippen LogP contribution is -1.94. The topological polar surface area (TPSA) is 24.9 Å². The molecule has 1 aromatic heterocycles. The Hall–Kier alpha value is -1.57. The van der Waals surface area contributed by atoms with E-state index in [1.165, 1.54) is 16.6 Å². The number of aryl methyl sites for hydroxylation is 1. The fraction of sp³-hybridized carbons (Fsp3) is 0.182. The Kier molecular flexibility index (Phi) is 1.89. The van der Waals surface area contributed by atoms with Crippen LogP contribution >= 0.6 is 0 Å². The fourth-order valence-electron chi connectivity index (χ4n) is 1.57. The van der Waals surface area contributed by atoms with Gasteiger partial charge in [-0.3, -0.25) is 4.98 Å². The number of fused-ring (bicyclic) bond motifs is 1. The fourth-order valence-corrected chi connectivity index (χ4v) is 1.57. The summed E-state index contributed by atoms with van der Waals surface area (Å²) in [6.07, 6.45) is 1.90. The predicted octanol–water partition coefficient (Wildman–Crippen LogP) is 2.58. The van der Waals surface area contributed by atoms with Crippen LogP contribution in [0.3, 0.4) is 0 Å². The smallest absolute Gasteiger partial charge is 0.0722 e. The zero-order valence-corrected chi connectivity index (χ0v) is 7.83. The molecule has 1 aromatic carbocycles. The van der Waals surface area contributed by atoms with Crippen LogP contribution in [0.1, 0.15) is 5.56 Å². The van der Waals surface area contributed by atoms with Gasteiger partial charge in [-0.2, -0.15) is 0 Å². The van der Waals surface area contributed by atoms with E-state index in [1.54, 1.807) is 0 Å². The van der Waals surface area contributed by atoms with Gasteiger partial charge >= 0.3 is 0 Å². The molecule has 0 amide bonds. The molecule has 1 heterocycles. The Balaban J connectivity index is 2.84. The van der Waals surface area contributed by atoms with Gasteiger partial charge in [0.05, 0.1) is 5.52 Å². The summed E-state index contributed by atoms with van der Waals surface area (Å²) in [7, 11) is 1.94. The van der Waals surface area contributed by atoms with Crippen molar-refractivity contribution in [3.63, 3.8) is 0 Å². The van der Waals surface area contributed by atoms with Gasteiger partial charge < -0.3 is 5.32 Å². The lowest BCUT2D eigenvalue weighted by atomic mass is 10.1. The van der Waals surface area contributed by atoms with Gasteiger partial charge in [0.1, 0.15) is 0 Å². The molecule has 2 aromatic rings. The summed E-state index contributed by atoms with van der Waals surface area (Å²) in [5, 5.41) is 4.38. The van der Waals surface area contributed by atoms with Crippen molar-refractivity contribution < 1.29 is 0 Å². The SMILES string of the molecule is CNc1c(C)cnc2ccccc12. The molecule has 0 aliphatic heterocycles. The van der Waals surface area contributed by atoms with Crippen LogP contribution in [-0.2, 0) is 0 Å². The summed E-state index contributed by atoms with van der Waals surface area (Å²) in [5.74, 6) is 0. The molecule has 0 spiro atoms. The third-order valence-corrected chi connectivity index (χ3v) is 2.22. The number of hydrogen-bond acceptors (Lipinski definition) is 2. The van der Waals surface area contributed by atoms with E-state index in [4.69, 9.17) is 0 Å². The van der Waals surface area contributed by atoms with Gasteiger partial charge in [-0.1, -0.05) is 18.2 Å². The van der Waals surface area contributed by atoms with E-state index >= 15 is 0 Å². The molecule has 0 saturated carbocycles. The first-order valence-corrected chi connectivity index (χ1v) is 4.35. The van der Waals surface area contributed by atoms with Gasteiger partial charge in [-0.05, 0) is 18.6 Å². The second kappa shape index (κ2) is 3.05. The van der Waals surface area contributed by atoms with Gasteiger partial charge in [-0.25, -0.2) is 0 Å². The highest BCUT2D eigenvalue weighted by Crippen LogP contribution is 2.24. The molecular weight excluding hydrogens is 160 g/mol. The van der Waals surface area contributed by atoms with Gasteiger partial charge in [0, 0.05) is 24.3 Å². The van der Waals surface area contributed by atoms with Crippen LogP contribution in [0.15, 0.2) is 30.5 Å². The van der Waals surface area contributed by atoms with Crippen molar-refractivity contribution in [3.8, 4) is 0 Å². The molecule has 13 heavy (non-hydrogen) atoms. The van der Waals surface area contributed by atoms with Crippen LogP contribution < -0.4 is 5.32 Å². The number of pyridine rings is 1. The standard InChI is InChI=1S/C11H12N2/c1-8-7-13-10-6-4-3-5-9(10)11(8)12-2/h3-7H,1-2H3,(H,12,13). The van der Waals surface area contributed by atoms with E-state index in [1.807, 2.05) is 31.4 Å². The average Bonchev–Trinajstić information content (AvgIpc) is 2.18. The van der Waals surface area contributed by atoms with Crippen LogP contribution in [0.4, 0.5) is 5.69 Å². The van der Waals surface area contributed by atoms with Crippen LogP contribution in [0.25, 0.3) is 10.9 Å². The number of para-hydroxylation sites is 1. The van der Waals surface area contributed by atoms with Crippen LogP contribution in [0, 0.1) is 6.92 Å². The minimum atomic E-state index is 1.04. The highest BCUT2D eigenvalue weighted by Gasteiger charge is 2.01. The van der Waals surface area contributed by atoms with Crippen LogP contribution in [-0.4, -0.2) is 12.0 Å². The first kappa shape index (κ1) is 8.05. The van der Waals surface area contributed by atoms with Crippen LogP contribution in [0.2, 0.25) is 0 Å². The van der Waals surface area contributed by atoms with Crippen molar-refractivity contribution in [2.24, 2.45) is 0 Å². The number of anilines is 1. The molecule has 2 nitrogen and oxygen atoms in total. The monoisotopic (exact) mass is 172 g/mol. The Morgan fingerprint density at radius 2 is 2.00 bits per heavy atom. The van der Waals surface area contributed by atoms with Gasteiger partial charge in [0.15, 0.2) is 0 Å². The van der Waals surface area contributed by atoms with E-state index in [0.717, 1.165) is 5.52 Å². The molecule has 0 bridgehead atoms. The van der Waals surface area contributed by atoms with E-state index < -0.39 is 0 Å². The summed E-state index contributed by atoms with van der Waals surface area (Å²) in [6.45, 7) is 2.06. The first-order chi connectivity index (χ1) is 6.33. The second-order valence-corrected chi connectivity index (χ2v) is 3.08. The van der Waals surface area contributed by atoms with Gasteiger partial charge in [-0.15, -0.1) is 0 Å². The van der Waals surface area contributed by atoms with Crippen molar-refractivity contribution in [2.45, 2.75) is 6.92 Å². The quantitative estimate of drug-likeness (QED) is 0.715. The Bertz CT molecular complexity index is 435. The molecule has 0 saturated heterocycles. The average molecular weight is 172 g/mol. The predicted molar refractivity (Wildman–Crippen MR) is 56.0 cm³/mol. The highest BCUT2D eigenvalue weighted by molar-refractivity contribution is 5.92. The molecule has 0 unspecified atom stereocenters. The number of nitrogens with one attached hydrogen (secondary N) is 1. The Morgan fingerprint density at radius 3 is 2.77 bits per heavy atom. The number of benzene rings is 1. The van der Waals surface area contributed by atoms with E-state index in [-0.39, 0.29) is 0 Å². The van der Waals surface area contributed by atoms with Gasteiger partial charge in [0.25, 0.3) is 0 Å². The molecule has 0 radical (unpaired) electrons. The summed E-state index contributed by atoms with van der Waals surface area (Å²) in [6, 6.07) is 8.14. The lowest BCUT2D eigenvalue weighted by Gasteiger charge is -2.07. The first-order valence-electron chi connectivity index (χ1n) is 4.35. The van der Waals surface area contributed by atoms with E-state index in [0.29, 0.717) is 0 Å². The Labute approximate surface area is 77.6 Å². The molecule has 0 aliphatic carbocycles. The lowest BCUT2D eigenvalue weighted by molar-refractivity contribution is 1.32. The molecular formula is C11H12N2. The van der Waals surface area contributed by atoms with Gasteiger partial charge in [0.2, 0.25) is 0 Å². The van der Waals surface area contributed by atoms with Crippen LogP contribution in [0.5, 0.6) is 0 Å². The number of rotatable bonds is 1. The maximum atomic E-state index is 4.35. The maximum absolute atomic E-state index is 4.35. The largest absolute Gasteiger partial charge is 0.387 e. The third-order valence-electron chi connectivity index (χ3n) is 2.22. The van der Waals surface area contributed by atoms with Crippen molar-refractivity contribution in [1.82, 2.24) is 4.98 Å². The Morgan fingerprint density at radius 1 is 1.23 bits per heavy atom. The molecule has 2 rings (SSSR count). The van der Waals surface area contributed by atoms with E-state index in [9.17, 15) is 0 Å². The molecule has 0 fully saturated rings. The van der Waals surface area contributed by atoms with Crippen molar-refractivity contribution in [2.75, 3.05) is 12.4 Å². The highest BCUT2D eigenvalue weighted by atomic mass is 14.8. The summed E-state index contributed by atoms with van der Waals surface area (Å²) < 4.78 is 0. The molecule has 0 aliphatic rings. The summed E-state index contributed by atoms with van der Waals surface area (Å²) >= 11 is 0. The minimum Gasteiger partial charge on any atom is -0.387 e. The third kappa shape index (κ3) is 1.24. The number of aromatic nitrogens is 1. The summed E-state index contributed by atoms with van der Waals surface area (Å²) in [4.78, 5) is 4.35. The minimum absolute atomic E-state index is 1.04. The van der Waals surface area contributed by atoms with E-state index in [2.05, 4.69) is 23.3 Å². The van der Waals surface area contributed by atoms with Crippen molar-refractivity contribution in [1.29, 1.82) is 0 Å². The molecule has 0 atom stereocenters. The second-order valence-electron chi connectivity index (χ2n) is 3.08. The zero-order chi connectivity index (χ0) is 9.26. The normalized spacial score (nSPS) is 10.3. The maximum Gasteiger partial charge on any atom is 0.0722 e. The van der Waals surface area contributed by atoms with Crippen molar-refractivity contribution >= 4 is 16.6 Å². The summed E-state index contributed by atoms with van der Waals surface area (Å²) in [5.41, 5.74) is 3.39. The zero-order valence-electron chi connectivity index (χ0n) is 7.83. The molecule has 66 valence electrons. The number of hydrogen-bond donors (Lipinski definition) is 1.